The van der Waals surface area contributed by atoms with Gasteiger partial charge in [0.2, 0.25) is 0 Å². The fourth-order valence-corrected chi connectivity index (χ4v) is 4.25. The average Bonchev–Trinajstić information content (AvgIpc) is 2.83. The van der Waals surface area contributed by atoms with Crippen molar-refractivity contribution in [1.82, 2.24) is 14.8 Å². The Labute approximate surface area is 205 Å². The summed E-state index contributed by atoms with van der Waals surface area (Å²) in [6, 6.07) is 7.89. The summed E-state index contributed by atoms with van der Waals surface area (Å²) < 4.78 is 0. The molecule has 0 amide bonds. The normalized spacial score (nSPS) is 11.7. The van der Waals surface area contributed by atoms with E-state index in [1.807, 2.05) is 30.5 Å². The maximum absolute atomic E-state index is 6.10. The van der Waals surface area contributed by atoms with Crippen molar-refractivity contribution in [2.45, 2.75) is 38.5 Å². The highest BCUT2D eigenvalue weighted by Gasteiger charge is 2.08. The number of benzene rings is 1. The van der Waals surface area contributed by atoms with Gasteiger partial charge in [-0.25, -0.2) is 0 Å². The Hall–Kier alpha value is -1.48. The van der Waals surface area contributed by atoms with Crippen molar-refractivity contribution in [3.8, 4) is 0 Å². The largest absolute Gasteiger partial charge is 0.384 e. The van der Waals surface area contributed by atoms with Crippen LogP contribution in [0.4, 0.5) is 5.69 Å². The first kappa shape index (κ1) is 27.8. The Morgan fingerprint density at radius 1 is 0.727 bits per heavy atom. The summed E-state index contributed by atoms with van der Waals surface area (Å²) in [5.74, 6) is 0. The summed E-state index contributed by atoms with van der Waals surface area (Å²) in [4.78, 5) is 9.49. The van der Waals surface area contributed by atoms with Crippen LogP contribution >= 0.6 is 11.6 Å². The molecule has 0 atom stereocenters. The molecule has 1 aromatic carbocycles. The van der Waals surface area contributed by atoms with E-state index in [9.17, 15) is 0 Å². The molecule has 0 radical (unpaired) electrons. The molecule has 186 valence electrons. The minimum Gasteiger partial charge on any atom is -0.384 e. The zero-order valence-electron chi connectivity index (χ0n) is 20.2. The van der Waals surface area contributed by atoms with Crippen LogP contribution < -0.4 is 22.5 Å². The van der Waals surface area contributed by atoms with Crippen molar-refractivity contribution in [3.63, 3.8) is 0 Å². The van der Waals surface area contributed by atoms with E-state index in [2.05, 4.69) is 20.1 Å². The molecule has 0 bridgehead atoms. The lowest BCUT2D eigenvalue weighted by atomic mass is 10.2. The molecular formula is C25H44ClN7. The molecule has 7 nitrogen and oxygen atoms in total. The van der Waals surface area contributed by atoms with Gasteiger partial charge in [-0.15, -0.1) is 0 Å². The summed E-state index contributed by atoms with van der Waals surface area (Å²) >= 11 is 6.10. The highest BCUT2D eigenvalue weighted by molar-refractivity contribution is 6.31. The summed E-state index contributed by atoms with van der Waals surface area (Å²) in [7, 11) is 0. The number of halogens is 1. The summed E-state index contributed by atoms with van der Waals surface area (Å²) in [5, 5.41) is 5.40. The molecule has 0 aliphatic carbocycles. The predicted molar refractivity (Wildman–Crippen MR) is 143 cm³/mol. The Morgan fingerprint density at radius 3 is 1.85 bits per heavy atom. The van der Waals surface area contributed by atoms with E-state index in [-0.39, 0.29) is 0 Å². The van der Waals surface area contributed by atoms with Gasteiger partial charge >= 0.3 is 0 Å². The van der Waals surface area contributed by atoms with Crippen LogP contribution in [-0.4, -0.2) is 80.2 Å². The maximum Gasteiger partial charge on any atom is 0.0737 e. The second kappa shape index (κ2) is 17.0. The van der Waals surface area contributed by atoms with Crippen molar-refractivity contribution in [2.24, 2.45) is 17.2 Å². The molecule has 0 fully saturated rings. The van der Waals surface area contributed by atoms with Crippen LogP contribution in [0.2, 0.25) is 5.02 Å². The number of rotatable bonds is 19. The Balaban J connectivity index is 1.74. The zero-order chi connectivity index (χ0) is 23.7. The molecule has 0 unspecified atom stereocenters. The van der Waals surface area contributed by atoms with Gasteiger partial charge in [-0.05, 0) is 122 Å². The lowest BCUT2D eigenvalue weighted by Crippen LogP contribution is -2.32. The highest BCUT2D eigenvalue weighted by atomic mass is 35.5. The standard InChI is InChI=1S/C25H44ClN7/c26-22-7-8-23-24(9-14-31-25(23)21-22)30-13-6-20-33(19-5-12-29)16-2-1-15-32(17-3-10-27)18-4-11-28/h7-9,14,21H,1-6,10-13,15-20,27-29H2,(H,30,31). The highest BCUT2D eigenvalue weighted by Crippen LogP contribution is 2.24. The molecule has 0 saturated heterocycles. The topological polar surface area (TPSA) is 109 Å². The second-order valence-corrected chi connectivity index (χ2v) is 9.05. The number of anilines is 1. The number of fused-ring (bicyclic) bond motifs is 1. The number of aromatic nitrogens is 1. The number of unbranched alkanes of at least 4 members (excludes halogenated alkanes) is 1. The quantitative estimate of drug-likeness (QED) is 0.230. The molecule has 2 rings (SSSR count). The number of nitrogens with one attached hydrogen (secondary N) is 1. The minimum atomic E-state index is 0.713. The summed E-state index contributed by atoms with van der Waals surface area (Å²) in [5.41, 5.74) is 19.2. The molecule has 7 N–H and O–H groups in total. The van der Waals surface area contributed by atoms with Crippen LogP contribution in [0.5, 0.6) is 0 Å². The molecule has 1 aromatic heterocycles. The van der Waals surface area contributed by atoms with E-state index >= 15 is 0 Å². The summed E-state index contributed by atoms with van der Waals surface area (Å²) in [6.07, 6.45) is 8.48. The smallest absolute Gasteiger partial charge is 0.0737 e. The zero-order valence-corrected chi connectivity index (χ0v) is 20.9. The number of nitrogens with zero attached hydrogens (tertiary/aromatic N) is 3. The number of hydrogen-bond acceptors (Lipinski definition) is 7. The van der Waals surface area contributed by atoms with Crippen LogP contribution in [0.15, 0.2) is 30.5 Å². The fraction of sp³-hybridized carbons (Fsp3) is 0.640. The van der Waals surface area contributed by atoms with Crippen molar-refractivity contribution < 1.29 is 0 Å². The van der Waals surface area contributed by atoms with E-state index in [1.54, 1.807) is 0 Å². The third-order valence-corrected chi connectivity index (χ3v) is 6.14. The SMILES string of the molecule is NCCCN(CCCN)CCCCN(CCCN)CCCNc1ccnc2cc(Cl)ccc12. The van der Waals surface area contributed by atoms with E-state index in [0.717, 1.165) is 108 Å². The van der Waals surface area contributed by atoms with E-state index < -0.39 is 0 Å². The Morgan fingerprint density at radius 2 is 1.27 bits per heavy atom. The second-order valence-electron chi connectivity index (χ2n) is 8.62. The van der Waals surface area contributed by atoms with Crippen LogP contribution in [0, 0.1) is 0 Å². The molecule has 0 aliphatic heterocycles. The van der Waals surface area contributed by atoms with Crippen LogP contribution in [0.25, 0.3) is 10.9 Å². The molecule has 0 saturated carbocycles. The first-order chi connectivity index (χ1) is 16.2. The number of pyridine rings is 1. The van der Waals surface area contributed by atoms with Gasteiger partial charge in [-0.2, -0.15) is 0 Å². The van der Waals surface area contributed by atoms with E-state index in [1.165, 1.54) is 12.8 Å². The van der Waals surface area contributed by atoms with Crippen molar-refractivity contribution in [3.05, 3.63) is 35.5 Å². The molecule has 8 heteroatoms. The first-order valence-corrected chi connectivity index (χ1v) is 12.9. The van der Waals surface area contributed by atoms with Gasteiger partial charge in [-0.1, -0.05) is 11.6 Å². The third-order valence-electron chi connectivity index (χ3n) is 5.91. The van der Waals surface area contributed by atoms with Crippen molar-refractivity contribution in [2.75, 3.05) is 70.8 Å². The van der Waals surface area contributed by atoms with Gasteiger partial charge in [0.05, 0.1) is 5.52 Å². The number of hydrogen-bond donors (Lipinski definition) is 4. The lowest BCUT2D eigenvalue weighted by Gasteiger charge is -2.24. The Bertz CT molecular complexity index is 766. The molecule has 0 spiro atoms. The van der Waals surface area contributed by atoms with Crippen LogP contribution in [-0.2, 0) is 0 Å². The minimum absolute atomic E-state index is 0.713. The molecule has 2 aromatic rings. The first-order valence-electron chi connectivity index (χ1n) is 12.5. The lowest BCUT2D eigenvalue weighted by molar-refractivity contribution is 0.237. The van der Waals surface area contributed by atoms with Crippen LogP contribution in [0.1, 0.15) is 38.5 Å². The van der Waals surface area contributed by atoms with Crippen molar-refractivity contribution >= 4 is 28.2 Å². The van der Waals surface area contributed by atoms with Gasteiger partial charge in [0, 0.05) is 28.8 Å². The third kappa shape index (κ3) is 11.0. The number of nitrogens with two attached hydrogens (primary N) is 3. The van der Waals surface area contributed by atoms with Gasteiger partial charge in [-0.3, -0.25) is 4.98 Å². The molecule has 0 aliphatic rings. The van der Waals surface area contributed by atoms with Crippen molar-refractivity contribution in [1.29, 1.82) is 0 Å². The van der Waals surface area contributed by atoms with E-state index in [4.69, 9.17) is 28.8 Å². The molecule has 1 heterocycles. The molecular weight excluding hydrogens is 434 g/mol. The fourth-order valence-electron chi connectivity index (χ4n) is 4.09. The molecule has 33 heavy (non-hydrogen) atoms. The van der Waals surface area contributed by atoms with E-state index in [0.29, 0.717) is 5.02 Å². The maximum atomic E-state index is 6.10. The Kier molecular flexibility index (Phi) is 14.3. The monoisotopic (exact) mass is 477 g/mol. The summed E-state index contributed by atoms with van der Waals surface area (Å²) in [6.45, 7) is 9.72. The van der Waals surface area contributed by atoms with Gasteiger partial charge in [0.1, 0.15) is 0 Å². The van der Waals surface area contributed by atoms with Gasteiger partial charge in [0.15, 0.2) is 0 Å². The predicted octanol–water partition coefficient (Wildman–Crippen LogP) is 3.12. The average molecular weight is 478 g/mol. The van der Waals surface area contributed by atoms with Gasteiger partial charge in [0.25, 0.3) is 0 Å². The van der Waals surface area contributed by atoms with Gasteiger partial charge < -0.3 is 32.3 Å². The van der Waals surface area contributed by atoms with Crippen LogP contribution in [0.3, 0.4) is 0 Å².